The summed E-state index contributed by atoms with van der Waals surface area (Å²) < 4.78 is 0. The van der Waals surface area contributed by atoms with Gasteiger partial charge in [0, 0.05) is 25.5 Å². The minimum absolute atomic E-state index is 0.593. The molecule has 0 fully saturated rings. The van der Waals surface area contributed by atoms with Crippen LogP contribution in [-0.2, 0) is 0 Å². The molecule has 1 rings (SSSR count). The molecule has 0 aromatic heterocycles. The lowest BCUT2D eigenvalue weighted by Crippen LogP contribution is -2.43. The maximum Gasteiger partial charge on any atom is 0.103 e. The van der Waals surface area contributed by atoms with E-state index in [2.05, 4.69) is 49.9 Å². The lowest BCUT2D eigenvalue weighted by atomic mass is 10.1. The van der Waals surface area contributed by atoms with Crippen LogP contribution in [0.5, 0.6) is 0 Å². The highest BCUT2D eigenvalue weighted by Gasteiger charge is 2.27. The molecule has 142 valence electrons. The van der Waals surface area contributed by atoms with Gasteiger partial charge in [-0.25, -0.2) is 0 Å². The first kappa shape index (κ1) is 21.4. The number of rotatable bonds is 15. The van der Waals surface area contributed by atoms with Crippen molar-refractivity contribution in [3.05, 3.63) is 12.4 Å². The zero-order valence-electron chi connectivity index (χ0n) is 17.1. The van der Waals surface area contributed by atoms with E-state index in [4.69, 9.17) is 0 Å². The smallest absolute Gasteiger partial charge is 0.103 e. The average molecular weight is 337 g/mol. The molecule has 1 aliphatic heterocycles. The Morgan fingerprint density at radius 2 is 1.04 bits per heavy atom. The summed E-state index contributed by atoms with van der Waals surface area (Å²) in [7, 11) is 0. The standard InChI is InChI=1S/C22H44N2/c1-5-7-9-10-11-12-13-14-15-16-18-24-20-19-23(17-8-6-2)22(24)21(3)4/h19-22H,5-18H2,1-4H3. The molecule has 1 heterocycles. The van der Waals surface area contributed by atoms with Crippen LogP contribution in [-0.4, -0.2) is 29.1 Å². The van der Waals surface area contributed by atoms with Gasteiger partial charge >= 0.3 is 0 Å². The maximum absolute atomic E-state index is 2.59. The van der Waals surface area contributed by atoms with Crippen molar-refractivity contribution >= 4 is 0 Å². The van der Waals surface area contributed by atoms with Crippen molar-refractivity contribution in [1.82, 2.24) is 9.80 Å². The van der Waals surface area contributed by atoms with E-state index in [1.807, 2.05) is 0 Å². The van der Waals surface area contributed by atoms with Crippen molar-refractivity contribution in [3.63, 3.8) is 0 Å². The first-order valence-electron chi connectivity index (χ1n) is 10.9. The molecule has 0 aliphatic carbocycles. The van der Waals surface area contributed by atoms with Gasteiger partial charge in [-0.15, -0.1) is 0 Å². The molecule has 0 aromatic rings. The first-order valence-corrected chi connectivity index (χ1v) is 10.9. The third kappa shape index (κ3) is 8.44. The molecule has 0 radical (unpaired) electrons. The minimum Gasteiger partial charge on any atom is -0.356 e. The fourth-order valence-electron chi connectivity index (χ4n) is 3.84. The maximum atomic E-state index is 2.59. The van der Waals surface area contributed by atoms with Gasteiger partial charge in [0.05, 0.1) is 0 Å². The number of nitrogens with zero attached hydrogens (tertiary/aromatic N) is 2. The Morgan fingerprint density at radius 1 is 0.625 bits per heavy atom. The van der Waals surface area contributed by atoms with E-state index in [0.717, 1.165) is 0 Å². The molecule has 1 atom stereocenters. The molecule has 0 N–H and O–H groups in total. The van der Waals surface area contributed by atoms with Gasteiger partial charge in [0.1, 0.15) is 6.17 Å². The van der Waals surface area contributed by atoms with Crippen LogP contribution < -0.4 is 0 Å². The predicted molar refractivity (Wildman–Crippen MR) is 108 cm³/mol. The van der Waals surface area contributed by atoms with Gasteiger partial charge in [0.2, 0.25) is 0 Å². The van der Waals surface area contributed by atoms with Crippen molar-refractivity contribution in [2.24, 2.45) is 5.92 Å². The second-order valence-electron chi connectivity index (χ2n) is 7.97. The SMILES string of the molecule is CCCCCCCCCCCCN1C=CN(CCCC)C1C(C)C. The Labute approximate surface area is 152 Å². The normalized spacial score (nSPS) is 17.5. The zero-order valence-corrected chi connectivity index (χ0v) is 17.1. The Kier molecular flexibility index (Phi) is 12.1. The van der Waals surface area contributed by atoms with E-state index in [9.17, 15) is 0 Å². The molecule has 2 heteroatoms. The van der Waals surface area contributed by atoms with E-state index in [0.29, 0.717) is 12.1 Å². The minimum atomic E-state index is 0.593. The largest absolute Gasteiger partial charge is 0.356 e. The van der Waals surface area contributed by atoms with E-state index < -0.39 is 0 Å². The lowest BCUT2D eigenvalue weighted by Gasteiger charge is -2.35. The molecular formula is C22H44N2. The fourth-order valence-corrected chi connectivity index (χ4v) is 3.84. The number of hydrogen-bond donors (Lipinski definition) is 0. The van der Waals surface area contributed by atoms with Crippen molar-refractivity contribution < 1.29 is 0 Å². The molecule has 0 bridgehead atoms. The Morgan fingerprint density at radius 3 is 1.50 bits per heavy atom. The quantitative estimate of drug-likeness (QED) is 0.304. The average Bonchev–Trinajstić information content (AvgIpc) is 2.97. The van der Waals surface area contributed by atoms with Crippen molar-refractivity contribution in [1.29, 1.82) is 0 Å². The topological polar surface area (TPSA) is 6.48 Å². The summed E-state index contributed by atoms with van der Waals surface area (Å²) >= 11 is 0. The van der Waals surface area contributed by atoms with Crippen LogP contribution in [0, 0.1) is 5.92 Å². The van der Waals surface area contributed by atoms with Crippen molar-refractivity contribution in [3.8, 4) is 0 Å². The van der Waals surface area contributed by atoms with Crippen LogP contribution in [0.1, 0.15) is 105 Å². The summed E-state index contributed by atoms with van der Waals surface area (Å²) in [4.78, 5) is 5.15. The summed E-state index contributed by atoms with van der Waals surface area (Å²) in [6.45, 7) is 11.8. The van der Waals surface area contributed by atoms with E-state index in [1.54, 1.807) is 0 Å². The van der Waals surface area contributed by atoms with Crippen LogP contribution in [0.4, 0.5) is 0 Å². The second-order valence-corrected chi connectivity index (χ2v) is 7.97. The summed E-state index contributed by atoms with van der Waals surface area (Å²) in [5.41, 5.74) is 0. The molecule has 0 saturated carbocycles. The Bertz CT molecular complexity index is 311. The molecule has 0 saturated heterocycles. The van der Waals surface area contributed by atoms with Gasteiger partial charge in [0.15, 0.2) is 0 Å². The number of hydrogen-bond acceptors (Lipinski definition) is 2. The molecule has 24 heavy (non-hydrogen) atoms. The summed E-state index contributed by atoms with van der Waals surface area (Å²) in [6.07, 6.45) is 22.1. The monoisotopic (exact) mass is 336 g/mol. The summed E-state index contributed by atoms with van der Waals surface area (Å²) in [5, 5.41) is 0. The van der Waals surface area contributed by atoms with Crippen LogP contribution in [0.15, 0.2) is 12.4 Å². The van der Waals surface area contributed by atoms with Gasteiger partial charge in [-0.1, -0.05) is 91.9 Å². The van der Waals surface area contributed by atoms with Gasteiger partial charge in [-0.3, -0.25) is 0 Å². The van der Waals surface area contributed by atoms with Crippen LogP contribution in [0.2, 0.25) is 0 Å². The van der Waals surface area contributed by atoms with Crippen molar-refractivity contribution in [2.45, 2.75) is 111 Å². The van der Waals surface area contributed by atoms with Gasteiger partial charge < -0.3 is 9.80 Å². The van der Waals surface area contributed by atoms with E-state index >= 15 is 0 Å². The van der Waals surface area contributed by atoms with Gasteiger partial charge in [-0.2, -0.15) is 0 Å². The van der Waals surface area contributed by atoms with E-state index in [-0.39, 0.29) is 0 Å². The zero-order chi connectivity index (χ0) is 17.6. The van der Waals surface area contributed by atoms with Crippen LogP contribution in [0.25, 0.3) is 0 Å². The molecule has 1 aliphatic rings. The lowest BCUT2D eigenvalue weighted by molar-refractivity contribution is 0.104. The summed E-state index contributed by atoms with van der Waals surface area (Å²) in [6, 6.07) is 0. The fraction of sp³-hybridized carbons (Fsp3) is 0.909. The molecular weight excluding hydrogens is 292 g/mol. The van der Waals surface area contributed by atoms with E-state index in [1.165, 1.54) is 90.1 Å². The molecule has 2 nitrogen and oxygen atoms in total. The first-order chi connectivity index (χ1) is 11.7. The summed E-state index contributed by atoms with van der Waals surface area (Å²) in [5.74, 6) is 0.694. The highest BCUT2D eigenvalue weighted by molar-refractivity contribution is 4.98. The third-order valence-corrected chi connectivity index (χ3v) is 5.27. The van der Waals surface area contributed by atoms with Crippen molar-refractivity contribution in [2.75, 3.05) is 13.1 Å². The van der Waals surface area contributed by atoms with Gasteiger partial charge in [-0.05, 0) is 18.8 Å². The number of unbranched alkanes of at least 4 members (excludes halogenated alkanes) is 10. The van der Waals surface area contributed by atoms with Crippen LogP contribution >= 0.6 is 0 Å². The molecule has 1 unspecified atom stereocenters. The highest BCUT2D eigenvalue weighted by atomic mass is 15.4. The Hall–Kier alpha value is -0.660. The van der Waals surface area contributed by atoms with Gasteiger partial charge in [0.25, 0.3) is 0 Å². The predicted octanol–water partition coefficient (Wildman–Crippen LogP) is 6.78. The molecule has 0 amide bonds. The highest BCUT2D eigenvalue weighted by Crippen LogP contribution is 2.24. The molecule has 0 aromatic carbocycles. The molecule has 0 spiro atoms. The Balaban J connectivity index is 2.08. The van der Waals surface area contributed by atoms with Crippen LogP contribution in [0.3, 0.4) is 0 Å². The third-order valence-electron chi connectivity index (χ3n) is 5.27. The second kappa shape index (κ2) is 13.6.